The Morgan fingerprint density at radius 1 is 1.42 bits per heavy atom. The molecule has 0 saturated heterocycles. The molecule has 0 aromatic carbocycles. The summed E-state index contributed by atoms with van der Waals surface area (Å²) in [6.45, 7) is 13.3. The maximum atomic E-state index is 11.0. The van der Waals surface area contributed by atoms with Gasteiger partial charge in [0.25, 0.3) is 0 Å². The minimum Gasteiger partial charge on any atom is -0.461 e. The molecule has 1 fully saturated rings. The summed E-state index contributed by atoms with van der Waals surface area (Å²) in [4.78, 5) is 11.0. The van der Waals surface area contributed by atoms with Gasteiger partial charge in [0.2, 0.25) is 0 Å². The number of carbonyl (C=O) groups excluding carboxylic acids is 1. The number of esters is 1. The maximum absolute atomic E-state index is 11.0. The molecule has 2 heteroatoms. The standard InChI is InChI=1S/C17H26O2/c1-12-14(11-19-13(2)18)7-8-15-16(3,4)9-6-10-17(12,15)5/h7,15H,1,6,8-11H2,2-5H3/t15-,17+/m0/s1. The molecule has 0 N–H and O–H groups in total. The number of hydrogen-bond donors (Lipinski definition) is 0. The molecule has 0 aromatic heterocycles. The molecule has 2 nitrogen and oxygen atoms in total. The second-order valence-corrected chi connectivity index (χ2v) is 7.04. The van der Waals surface area contributed by atoms with Crippen LogP contribution in [0.1, 0.15) is 53.4 Å². The third kappa shape index (κ3) is 2.50. The number of allylic oxidation sites excluding steroid dienone is 1. The molecule has 2 rings (SSSR count). The smallest absolute Gasteiger partial charge is 0.302 e. The highest BCUT2D eigenvalue weighted by molar-refractivity contribution is 5.66. The predicted molar refractivity (Wildman–Crippen MR) is 77.7 cm³/mol. The topological polar surface area (TPSA) is 26.3 Å². The minimum atomic E-state index is -0.218. The van der Waals surface area contributed by atoms with Crippen LogP contribution in [0.4, 0.5) is 0 Å². The molecule has 19 heavy (non-hydrogen) atoms. The normalized spacial score (nSPS) is 33.4. The SMILES string of the molecule is C=C1C(COC(C)=O)=CC[C@H]2C(C)(C)CCC[C@]12C. The number of hydrogen-bond acceptors (Lipinski definition) is 2. The first-order chi connectivity index (χ1) is 8.77. The largest absolute Gasteiger partial charge is 0.461 e. The summed E-state index contributed by atoms with van der Waals surface area (Å²) in [6, 6.07) is 0. The fourth-order valence-corrected chi connectivity index (χ4v) is 4.14. The van der Waals surface area contributed by atoms with Gasteiger partial charge < -0.3 is 4.74 Å². The van der Waals surface area contributed by atoms with Gasteiger partial charge in [-0.3, -0.25) is 4.79 Å². The quantitative estimate of drug-likeness (QED) is 0.695. The summed E-state index contributed by atoms with van der Waals surface area (Å²) in [5, 5.41) is 0. The van der Waals surface area contributed by atoms with Gasteiger partial charge in [0.05, 0.1) is 0 Å². The second-order valence-electron chi connectivity index (χ2n) is 7.04. The van der Waals surface area contributed by atoms with Crippen molar-refractivity contribution in [3.8, 4) is 0 Å². The van der Waals surface area contributed by atoms with Crippen LogP contribution < -0.4 is 0 Å². The van der Waals surface area contributed by atoms with Crippen molar-refractivity contribution in [2.24, 2.45) is 16.7 Å². The van der Waals surface area contributed by atoms with Crippen LogP contribution in [0.3, 0.4) is 0 Å². The molecular weight excluding hydrogens is 236 g/mol. The Morgan fingerprint density at radius 2 is 2.11 bits per heavy atom. The van der Waals surface area contributed by atoms with E-state index in [1.54, 1.807) is 0 Å². The number of carbonyl (C=O) groups is 1. The van der Waals surface area contributed by atoms with Gasteiger partial charge in [-0.15, -0.1) is 0 Å². The van der Waals surface area contributed by atoms with Gasteiger partial charge in [0.15, 0.2) is 0 Å². The summed E-state index contributed by atoms with van der Waals surface area (Å²) in [5.74, 6) is 0.437. The van der Waals surface area contributed by atoms with Gasteiger partial charge in [-0.2, -0.15) is 0 Å². The van der Waals surface area contributed by atoms with Gasteiger partial charge in [0, 0.05) is 6.92 Å². The third-order valence-corrected chi connectivity index (χ3v) is 5.34. The first-order valence-corrected chi connectivity index (χ1v) is 7.29. The van der Waals surface area contributed by atoms with E-state index < -0.39 is 0 Å². The Labute approximate surface area is 116 Å². The number of ether oxygens (including phenoxy) is 1. The maximum Gasteiger partial charge on any atom is 0.302 e. The van der Waals surface area contributed by atoms with Crippen molar-refractivity contribution in [1.82, 2.24) is 0 Å². The summed E-state index contributed by atoms with van der Waals surface area (Å²) in [5.41, 5.74) is 2.87. The molecule has 2 aliphatic rings. The molecular formula is C17H26O2. The van der Waals surface area contributed by atoms with E-state index >= 15 is 0 Å². The van der Waals surface area contributed by atoms with E-state index in [1.807, 2.05) is 0 Å². The van der Waals surface area contributed by atoms with Crippen LogP contribution in [0.2, 0.25) is 0 Å². The van der Waals surface area contributed by atoms with Crippen molar-refractivity contribution in [2.45, 2.75) is 53.4 Å². The molecule has 0 spiro atoms. The van der Waals surface area contributed by atoms with E-state index in [2.05, 4.69) is 33.4 Å². The molecule has 2 aliphatic carbocycles. The highest BCUT2D eigenvalue weighted by atomic mass is 16.5. The van der Waals surface area contributed by atoms with Crippen LogP contribution in [0.5, 0.6) is 0 Å². The average molecular weight is 262 g/mol. The van der Waals surface area contributed by atoms with Gasteiger partial charge in [-0.1, -0.05) is 39.8 Å². The zero-order valence-electron chi connectivity index (χ0n) is 12.7. The summed E-state index contributed by atoms with van der Waals surface area (Å²) < 4.78 is 5.16. The molecule has 0 aromatic rings. The van der Waals surface area contributed by atoms with Crippen LogP contribution >= 0.6 is 0 Å². The van der Waals surface area contributed by atoms with Gasteiger partial charge in [-0.25, -0.2) is 0 Å². The van der Waals surface area contributed by atoms with Crippen molar-refractivity contribution in [1.29, 1.82) is 0 Å². The Morgan fingerprint density at radius 3 is 2.74 bits per heavy atom. The molecule has 1 saturated carbocycles. The Kier molecular flexibility index (Phi) is 3.63. The van der Waals surface area contributed by atoms with Gasteiger partial charge >= 0.3 is 5.97 Å². The molecule has 0 bridgehead atoms. The number of rotatable bonds is 2. The van der Waals surface area contributed by atoms with Crippen molar-refractivity contribution >= 4 is 5.97 Å². The lowest BCUT2D eigenvalue weighted by molar-refractivity contribution is -0.140. The van der Waals surface area contributed by atoms with Crippen LogP contribution in [-0.2, 0) is 9.53 Å². The zero-order chi connectivity index (χ0) is 14.3. The first kappa shape index (κ1) is 14.4. The fraction of sp³-hybridized carbons (Fsp3) is 0.706. The monoisotopic (exact) mass is 262 g/mol. The van der Waals surface area contributed by atoms with Crippen LogP contribution in [0, 0.1) is 16.7 Å². The van der Waals surface area contributed by atoms with Crippen LogP contribution in [0.25, 0.3) is 0 Å². The Hall–Kier alpha value is -1.05. The molecule has 0 aliphatic heterocycles. The van der Waals surface area contributed by atoms with Gasteiger partial charge in [-0.05, 0) is 47.2 Å². The molecule has 106 valence electrons. The van der Waals surface area contributed by atoms with Crippen LogP contribution in [0.15, 0.2) is 23.8 Å². The first-order valence-electron chi connectivity index (χ1n) is 7.29. The highest BCUT2D eigenvalue weighted by Gasteiger charge is 2.49. The lowest BCUT2D eigenvalue weighted by Crippen LogP contribution is -2.45. The van der Waals surface area contributed by atoms with Crippen molar-refractivity contribution in [3.05, 3.63) is 23.8 Å². The van der Waals surface area contributed by atoms with E-state index in [9.17, 15) is 4.79 Å². The van der Waals surface area contributed by atoms with E-state index in [-0.39, 0.29) is 11.4 Å². The van der Waals surface area contributed by atoms with E-state index in [1.165, 1.54) is 31.8 Å². The zero-order valence-corrected chi connectivity index (χ0v) is 12.7. The Bertz CT molecular complexity index is 431. The summed E-state index contributed by atoms with van der Waals surface area (Å²) in [6.07, 6.45) is 7.09. The number of fused-ring (bicyclic) bond motifs is 1. The lowest BCUT2D eigenvalue weighted by Gasteiger charge is -2.54. The molecule has 0 amide bonds. The molecule has 2 atom stereocenters. The van der Waals surface area contributed by atoms with Crippen molar-refractivity contribution in [3.63, 3.8) is 0 Å². The molecule has 0 unspecified atom stereocenters. The predicted octanol–water partition coefficient (Wildman–Crippen LogP) is 4.27. The Balaban J connectivity index is 2.24. The van der Waals surface area contributed by atoms with Crippen molar-refractivity contribution < 1.29 is 9.53 Å². The summed E-state index contributed by atoms with van der Waals surface area (Å²) >= 11 is 0. The van der Waals surface area contributed by atoms with Crippen LogP contribution in [-0.4, -0.2) is 12.6 Å². The molecule has 0 radical (unpaired) electrons. The highest BCUT2D eigenvalue weighted by Crippen LogP contribution is 2.58. The second kappa shape index (κ2) is 4.81. The fourth-order valence-electron chi connectivity index (χ4n) is 4.14. The lowest BCUT2D eigenvalue weighted by atomic mass is 9.51. The van der Waals surface area contributed by atoms with Gasteiger partial charge in [0.1, 0.15) is 6.61 Å². The molecule has 0 heterocycles. The average Bonchev–Trinajstić information content (AvgIpc) is 2.29. The van der Waals surface area contributed by atoms with E-state index in [0.717, 1.165) is 12.0 Å². The third-order valence-electron chi connectivity index (χ3n) is 5.34. The summed E-state index contributed by atoms with van der Waals surface area (Å²) in [7, 11) is 0. The van der Waals surface area contributed by atoms with Crippen molar-refractivity contribution in [2.75, 3.05) is 6.61 Å². The van der Waals surface area contributed by atoms with E-state index in [0.29, 0.717) is 17.9 Å². The minimum absolute atomic E-state index is 0.173. The van der Waals surface area contributed by atoms with E-state index in [4.69, 9.17) is 4.74 Å².